The minimum Gasteiger partial charge on any atom is -0.351 e. The van der Waals surface area contributed by atoms with Gasteiger partial charge >= 0.3 is 0 Å². The van der Waals surface area contributed by atoms with Crippen molar-refractivity contribution < 1.29 is 13.7 Å². The van der Waals surface area contributed by atoms with E-state index in [9.17, 15) is 9.18 Å². The molecule has 2 aromatic carbocycles. The zero-order valence-electron chi connectivity index (χ0n) is 17.1. The molecule has 0 spiro atoms. The molecule has 0 radical (unpaired) electrons. The highest BCUT2D eigenvalue weighted by Crippen LogP contribution is 2.20. The van der Waals surface area contributed by atoms with E-state index in [4.69, 9.17) is 4.52 Å². The number of carbonyl (C=O) groups excluding carboxylic acids is 1. The van der Waals surface area contributed by atoms with Crippen molar-refractivity contribution in [1.29, 1.82) is 0 Å². The molecule has 0 atom stereocenters. The van der Waals surface area contributed by atoms with Crippen molar-refractivity contribution in [2.75, 3.05) is 26.2 Å². The van der Waals surface area contributed by atoms with Gasteiger partial charge in [-0.05, 0) is 30.7 Å². The van der Waals surface area contributed by atoms with Crippen LogP contribution in [-0.4, -0.2) is 57.0 Å². The lowest BCUT2D eigenvalue weighted by atomic mass is 10.1. The van der Waals surface area contributed by atoms with E-state index in [0.29, 0.717) is 61.3 Å². The number of rotatable bonds is 4. The van der Waals surface area contributed by atoms with Gasteiger partial charge in [-0.3, -0.25) is 9.69 Å². The molecule has 5 rings (SSSR count). The summed E-state index contributed by atoms with van der Waals surface area (Å²) in [5.74, 6) is 0.574. The highest BCUT2D eigenvalue weighted by Gasteiger charge is 2.24. The van der Waals surface area contributed by atoms with E-state index in [-0.39, 0.29) is 11.7 Å². The third kappa shape index (κ3) is 3.94. The lowest BCUT2D eigenvalue weighted by Gasteiger charge is -2.33. The van der Waals surface area contributed by atoms with Gasteiger partial charge in [0.2, 0.25) is 11.7 Å². The van der Waals surface area contributed by atoms with Crippen LogP contribution in [0.15, 0.2) is 53.1 Å². The monoisotopic (exact) mass is 419 g/mol. The van der Waals surface area contributed by atoms with E-state index in [1.165, 1.54) is 6.07 Å². The molecule has 0 aliphatic carbocycles. The number of piperazine rings is 1. The van der Waals surface area contributed by atoms with E-state index in [1.807, 2.05) is 35.2 Å². The number of aromatic amines is 1. The molecule has 1 amide bonds. The Hall–Kier alpha value is -3.52. The van der Waals surface area contributed by atoms with Gasteiger partial charge in [0.05, 0.1) is 6.54 Å². The number of hydrogen-bond acceptors (Lipinski definition) is 5. The molecule has 1 saturated heterocycles. The maximum atomic E-state index is 13.8. The van der Waals surface area contributed by atoms with Crippen LogP contribution in [0.25, 0.3) is 22.3 Å². The number of H-pyrrole nitrogens is 1. The van der Waals surface area contributed by atoms with Crippen LogP contribution >= 0.6 is 0 Å². The fraction of sp³-hybridized carbons (Fsp3) is 0.261. The molecule has 1 N–H and O–H groups in total. The first-order valence-electron chi connectivity index (χ1n) is 10.3. The molecule has 31 heavy (non-hydrogen) atoms. The molecule has 1 aliphatic heterocycles. The molecule has 8 heteroatoms. The van der Waals surface area contributed by atoms with E-state index in [1.54, 1.807) is 19.1 Å². The Kier molecular flexibility index (Phi) is 4.99. The van der Waals surface area contributed by atoms with Crippen LogP contribution in [0.5, 0.6) is 0 Å². The van der Waals surface area contributed by atoms with Crippen LogP contribution in [0.3, 0.4) is 0 Å². The van der Waals surface area contributed by atoms with Crippen LogP contribution in [0.2, 0.25) is 0 Å². The maximum Gasteiger partial charge on any atom is 0.270 e. The fourth-order valence-electron chi connectivity index (χ4n) is 3.83. The van der Waals surface area contributed by atoms with Gasteiger partial charge in [-0.2, -0.15) is 4.98 Å². The molecule has 7 nitrogen and oxygen atoms in total. The minimum atomic E-state index is -0.292. The number of aryl methyl sites for hydroxylation is 1. The Bertz CT molecular complexity index is 1210. The Balaban J connectivity index is 1.20. The van der Waals surface area contributed by atoms with Gasteiger partial charge < -0.3 is 14.4 Å². The van der Waals surface area contributed by atoms with Crippen molar-refractivity contribution in [3.8, 4) is 11.4 Å². The van der Waals surface area contributed by atoms with E-state index in [2.05, 4.69) is 20.0 Å². The van der Waals surface area contributed by atoms with Crippen LogP contribution in [0, 0.1) is 12.7 Å². The summed E-state index contributed by atoms with van der Waals surface area (Å²) in [4.78, 5) is 24.5. The maximum absolute atomic E-state index is 13.8. The summed E-state index contributed by atoms with van der Waals surface area (Å²) in [5.41, 5.74) is 2.74. The SMILES string of the molecule is Cc1ccc(-c2noc(CN3CCN(C(=O)c4cc5ccccc5[nH]4)CC3)n2)cc1F. The average Bonchev–Trinajstić information content (AvgIpc) is 3.43. The quantitative estimate of drug-likeness (QED) is 0.547. The van der Waals surface area contributed by atoms with Crippen LogP contribution in [-0.2, 0) is 6.54 Å². The van der Waals surface area contributed by atoms with Crippen molar-refractivity contribution in [2.24, 2.45) is 0 Å². The van der Waals surface area contributed by atoms with Crippen molar-refractivity contribution in [2.45, 2.75) is 13.5 Å². The van der Waals surface area contributed by atoms with Crippen molar-refractivity contribution >= 4 is 16.8 Å². The van der Waals surface area contributed by atoms with Crippen LogP contribution in [0.4, 0.5) is 4.39 Å². The van der Waals surface area contributed by atoms with Crippen molar-refractivity contribution in [3.05, 3.63) is 71.5 Å². The molecular formula is C23H22FN5O2. The molecule has 4 aromatic rings. The number of aromatic nitrogens is 3. The molecule has 2 aromatic heterocycles. The molecule has 3 heterocycles. The molecule has 158 valence electrons. The second-order valence-corrected chi connectivity index (χ2v) is 7.81. The zero-order valence-corrected chi connectivity index (χ0v) is 17.1. The largest absolute Gasteiger partial charge is 0.351 e. The zero-order chi connectivity index (χ0) is 21.4. The highest BCUT2D eigenvalue weighted by atomic mass is 19.1. The second kappa shape index (κ2) is 7.96. The van der Waals surface area contributed by atoms with Gasteiger partial charge in [-0.15, -0.1) is 0 Å². The predicted molar refractivity (Wildman–Crippen MR) is 114 cm³/mol. The molecule has 0 bridgehead atoms. The van der Waals surface area contributed by atoms with Gasteiger partial charge in [-0.25, -0.2) is 4.39 Å². The topological polar surface area (TPSA) is 78.3 Å². The number of hydrogen-bond donors (Lipinski definition) is 1. The number of carbonyl (C=O) groups is 1. The van der Waals surface area contributed by atoms with Gasteiger partial charge in [0.1, 0.15) is 11.5 Å². The Morgan fingerprint density at radius 2 is 1.94 bits per heavy atom. The third-order valence-corrected chi connectivity index (χ3v) is 5.68. The molecule has 1 fully saturated rings. The van der Waals surface area contributed by atoms with E-state index >= 15 is 0 Å². The summed E-state index contributed by atoms with van der Waals surface area (Å²) in [5, 5.41) is 5.01. The van der Waals surface area contributed by atoms with Crippen molar-refractivity contribution in [1.82, 2.24) is 24.9 Å². The first kappa shape index (κ1) is 19.4. The van der Waals surface area contributed by atoms with Gasteiger partial charge in [0.15, 0.2) is 0 Å². The van der Waals surface area contributed by atoms with Crippen LogP contribution in [0.1, 0.15) is 21.9 Å². The molecule has 0 unspecified atom stereocenters. The number of amides is 1. The Morgan fingerprint density at radius 1 is 1.13 bits per heavy atom. The lowest BCUT2D eigenvalue weighted by Crippen LogP contribution is -2.48. The first-order valence-corrected chi connectivity index (χ1v) is 10.3. The number of fused-ring (bicyclic) bond motifs is 1. The fourth-order valence-corrected chi connectivity index (χ4v) is 3.83. The van der Waals surface area contributed by atoms with Gasteiger partial charge in [-0.1, -0.05) is 35.5 Å². The van der Waals surface area contributed by atoms with Gasteiger partial charge in [0, 0.05) is 42.6 Å². The molecule has 1 aliphatic rings. The van der Waals surface area contributed by atoms with E-state index in [0.717, 1.165) is 10.9 Å². The molecule has 0 saturated carbocycles. The standard InChI is InChI=1S/C23H22FN5O2/c1-15-6-7-17(12-18(15)24)22-26-21(31-27-22)14-28-8-10-29(11-9-28)23(30)20-13-16-4-2-3-5-19(16)25-20/h2-7,12-13,25H,8-11,14H2,1H3. The third-order valence-electron chi connectivity index (χ3n) is 5.68. The average molecular weight is 419 g/mol. The van der Waals surface area contributed by atoms with Crippen LogP contribution < -0.4 is 0 Å². The summed E-state index contributed by atoms with van der Waals surface area (Å²) >= 11 is 0. The second-order valence-electron chi connectivity index (χ2n) is 7.81. The smallest absolute Gasteiger partial charge is 0.270 e. The molecular weight excluding hydrogens is 397 g/mol. The number of nitrogens with zero attached hydrogens (tertiary/aromatic N) is 4. The Morgan fingerprint density at radius 3 is 2.71 bits per heavy atom. The number of halogens is 1. The normalized spacial score (nSPS) is 15.0. The minimum absolute atomic E-state index is 0.0114. The summed E-state index contributed by atoms with van der Waals surface area (Å²) in [7, 11) is 0. The number of para-hydroxylation sites is 1. The predicted octanol–water partition coefficient (Wildman–Crippen LogP) is 3.62. The number of nitrogens with one attached hydrogen (secondary N) is 1. The summed E-state index contributed by atoms with van der Waals surface area (Å²) in [6.07, 6.45) is 0. The number of benzene rings is 2. The lowest BCUT2D eigenvalue weighted by molar-refractivity contribution is 0.0610. The van der Waals surface area contributed by atoms with E-state index < -0.39 is 0 Å². The van der Waals surface area contributed by atoms with Crippen molar-refractivity contribution in [3.63, 3.8) is 0 Å². The summed E-state index contributed by atoms with van der Waals surface area (Å²) in [6.45, 7) is 4.88. The highest BCUT2D eigenvalue weighted by molar-refractivity contribution is 5.98. The van der Waals surface area contributed by atoms with Gasteiger partial charge in [0.25, 0.3) is 5.91 Å². The Labute approximate surface area is 178 Å². The summed E-state index contributed by atoms with van der Waals surface area (Å²) in [6, 6.07) is 14.7. The summed E-state index contributed by atoms with van der Waals surface area (Å²) < 4.78 is 19.2. The first-order chi connectivity index (χ1) is 15.1.